The molecule has 2 saturated heterocycles. The lowest BCUT2D eigenvalue weighted by molar-refractivity contribution is -0.127. The van der Waals surface area contributed by atoms with E-state index >= 15 is 0 Å². The van der Waals surface area contributed by atoms with Crippen LogP contribution in [0.3, 0.4) is 0 Å². The molecule has 0 aromatic carbocycles. The van der Waals surface area contributed by atoms with Gasteiger partial charge in [0.2, 0.25) is 17.6 Å². The molecule has 0 saturated carbocycles. The highest BCUT2D eigenvalue weighted by Crippen LogP contribution is 2.21. The molecule has 4 rings (SSSR count). The number of hydrogen-bond donors (Lipinski definition) is 1. The summed E-state index contributed by atoms with van der Waals surface area (Å²) in [5.74, 6) is 1.09. The van der Waals surface area contributed by atoms with E-state index in [1.807, 2.05) is 12.1 Å². The van der Waals surface area contributed by atoms with Crippen LogP contribution < -0.4 is 5.32 Å². The molecule has 2 aromatic rings. The number of aromatic nitrogens is 3. The van der Waals surface area contributed by atoms with Crippen molar-refractivity contribution in [1.82, 2.24) is 30.2 Å². The maximum absolute atomic E-state index is 12.9. The standard InChI is InChI=1S/C22H30N6O4/c1-2-31-22(30)28-11-7-18(8-12-28)24-21(29)17-6-4-10-27(14-17)15-19-25-20(26-32-19)16-5-3-9-23-13-16/h3,5,9,13,17-18H,2,4,6-8,10-12,14-15H2,1H3,(H,24,29). The molecule has 2 fully saturated rings. The van der Waals surface area contributed by atoms with Crippen molar-refractivity contribution in [3.63, 3.8) is 0 Å². The van der Waals surface area contributed by atoms with Crippen molar-refractivity contribution >= 4 is 12.0 Å². The van der Waals surface area contributed by atoms with E-state index in [9.17, 15) is 9.59 Å². The molecule has 10 nitrogen and oxygen atoms in total. The maximum atomic E-state index is 12.9. The Hall–Kier alpha value is -3.01. The molecule has 32 heavy (non-hydrogen) atoms. The van der Waals surface area contributed by atoms with Crippen LogP contribution in [-0.2, 0) is 16.1 Å². The van der Waals surface area contributed by atoms with E-state index in [0.29, 0.717) is 44.5 Å². The number of amides is 2. The van der Waals surface area contributed by atoms with Crippen molar-refractivity contribution in [1.29, 1.82) is 0 Å². The quantitative estimate of drug-likeness (QED) is 0.723. The summed E-state index contributed by atoms with van der Waals surface area (Å²) in [5, 5.41) is 7.23. The molecule has 4 heterocycles. The van der Waals surface area contributed by atoms with Gasteiger partial charge in [-0.1, -0.05) is 5.16 Å². The Morgan fingerprint density at radius 3 is 2.84 bits per heavy atom. The molecule has 2 aliphatic rings. The molecule has 1 unspecified atom stereocenters. The minimum absolute atomic E-state index is 0.0625. The fraction of sp³-hybridized carbons (Fsp3) is 0.591. The van der Waals surface area contributed by atoms with Crippen molar-refractivity contribution in [3.8, 4) is 11.4 Å². The first-order valence-electron chi connectivity index (χ1n) is 11.3. The summed E-state index contributed by atoms with van der Waals surface area (Å²) in [6.45, 7) is 5.48. The van der Waals surface area contributed by atoms with Crippen molar-refractivity contribution < 1.29 is 18.8 Å². The zero-order chi connectivity index (χ0) is 22.3. The predicted octanol–water partition coefficient (Wildman–Crippen LogP) is 2.08. The fourth-order valence-corrected chi connectivity index (χ4v) is 4.28. The molecule has 1 atom stereocenters. The van der Waals surface area contributed by atoms with E-state index in [1.165, 1.54) is 0 Å². The van der Waals surface area contributed by atoms with Crippen LogP contribution in [0.5, 0.6) is 0 Å². The van der Waals surface area contributed by atoms with Crippen molar-refractivity contribution in [2.45, 2.75) is 45.2 Å². The number of carbonyl (C=O) groups excluding carboxylic acids is 2. The summed E-state index contributed by atoms with van der Waals surface area (Å²) in [6, 6.07) is 3.82. The van der Waals surface area contributed by atoms with E-state index in [0.717, 1.165) is 37.8 Å². The molecule has 2 aromatic heterocycles. The average molecular weight is 443 g/mol. The monoisotopic (exact) mass is 442 g/mol. The molecule has 172 valence electrons. The highest BCUT2D eigenvalue weighted by atomic mass is 16.6. The van der Waals surface area contributed by atoms with Crippen molar-refractivity contribution in [2.75, 3.05) is 32.8 Å². The van der Waals surface area contributed by atoms with Crippen LogP contribution in [0.1, 0.15) is 38.5 Å². The van der Waals surface area contributed by atoms with Crippen LogP contribution in [0.15, 0.2) is 29.0 Å². The molecule has 0 spiro atoms. The predicted molar refractivity (Wildman–Crippen MR) is 115 cm³/mol. The third kappa shape index (κ3) is 5.61. The van der Waals surface area contributed by atoms with Gasteiger partial charge in [0.05, 0.1) is 19.1 Å². The zero-order valence-corrected chi connectivity index (χ0v) is 18.4. The number of carbonyl (C=O) groups is 2. The van der Waals surface area contributed by atoms with Crippen LogP contribution in [0.25, 0.3) is 11.4 Å². The molecular formula is C22H30N6O4. The Morgan fingerprint density at radius 2 is 2.09 bits per heavy atom. The Bertz CT molecular complexity index is 897. The number of rotatable bonds is 6. The van der Waals surface area contributed by atoms with E-state index in [1.54, 1.807) is 24.2 Å². The summed E-state index contributed by atoms with van der Waals surface area (Å²) in [5.41, 5.74) is 0.812. The van der Waals surface area contributed by atoms with Crippen LogP contribution in [0.2, 0.25) is 0 Å². The minimum Gasteiger partial charge on any atom is -0.450 e. The number of hydrogen-bond acceptors (Lipinski definition) is 8. The number of pyridine rings is 1. The summed E-state index contributed by atoms with van der Waals surface area (Å²) >= 11 is 0. The summed E-state index contributed by atoms with van der Waals surface area (Å²) in [6.07, 6.45) is 6.45. The number of ether oxygens (including phenoxy) is 1. The van der Waals surface area contributed by atoms with Gasteiger partial charge in [-0.15, -0.1) is 0 Å². The first-order valence-corrected chi connectivity index (χ1v) is 11.3. The lowest BCUT2D eigenvalue weighted by atomic mass is 9.96. The Morgan fingerprint density at radius 1 is 1.25 bits per heavy atom. The van der Waals surface area contributed by atoms with Crippen LogP contribution in [-0.4, -0.2) is 75.8 Å². The SMILES string of the molecule is CCOC(=O)N1CCC(NC(=O)C2CCCN(Cc3nc(-c4cccnc4)no3)C2)CC1. The topological polar surface area (TPSA) is 114 Å². The van der Waals surface area contributed by atoms with Gasteiger partial charge in [-0.3, -0.25) is 14.7 Å². The molecule has 1 N–H and O–H groups in total. The van der Waals surface area contributed by atoms with Crippen LogP contribution >= 0.6 is 0 Å². The number of likely N-dealkylation sites (tertiary alicyclic amines) is 2. The largest absolute Gasteiger partial charge is 0.450 e. The van der Waals surface area contributed by atoms with Gasteiger partial charge in [0.15, 0.2) is 0 Å². The van der Waals surface area contributed by atoms with Gasteiger partial charge in [0, 0.05) is 43.6 Å². The Kier molecular flexibility index (Phi) is 7.31. The highest BCUT2D eigenvalue weighted by Gasteiger charge is 2.30. The van der Waals surface area contributed by atoms with Gasteiger partial charge in [0.25, 0.3) is 0 Å². The van der Waals surface area contributed by atoms with Gasteiger partial charge in [-0.25, -0.2) is 4.79 Å². The second-order valence-electron chi connectivity index (χ2n) is 8.30. The number of nitrogens with zero attached hydrogens (tertiary/aromatic N) is 5. The molecule has 2 amide bonds. The Labute approximate surface area is 187 Å². The summed E-state index contributed by atoms with van der Waals surface area (Å²) in [4.78, 5) is 37.2. The van der Waals surface area contributed by atoms with E-state index in [2.05, 4.69) is 25.3 Å². The van der Waals surface area contributed by atoms with E-state index in [-0.39, 0.29) is 24.0 Å². The first-order chi connectivity index (χ1) is 15.6. The fourth-order valence-electron chi connectivity index (χ4n) is 4.28. The smallest absolute Gasteiger partial charge is 0.409 e. The zero-order valence-electron chi connectivity index (χ0n) is 18.4. The van der Waals surface area contributed by atoms with Crippen LogP contribution in [0, 0.1) is 5.92 Å². The second-order valence-corrected chi connectivity index (χ2v) is 8.30. The summed E-state index contributed by atoms with van der Waals surface area (Å²) in [7, 11) is 0. The second kappa shape index (κ2) is 10.5. The van der Waals surface area contributed by atoms with E-state index < -0.39 is 0 Å². The molecule has 0 bridgehead atoms. The molecular weight excluding hydrogens is 412 g/mol. The van der Waals surface area contributed by atoms with Crippen molar-refractivity contribution in [3.05, 3.63) is 30.4 Å². The van der Waals surface area contributed by atoms with Crippen molar-refractivity contribution in [2.24, 2.45) is 5.92 Å². The average Bonchev–Trinajstić information content (AvgIpc) is 3.29. The van der Waals surface area contributed by atoms with Gasteiger partial charge in [-0.2, -0.15) is 4.98 Å². The first kappa shape index (κ1) is 22.2. The van der Waals surface area contributed by atoms with E-state index in [4.69, 9.17) is 9.26 Å². The van der Waals surface area contributed by atoms with Gasteiger partial charge >= 0.3 is 6.09 Å². The van der Waals surface area contributed by atoms with Gasteiger partial charge in [-0.05, 0) is 51.3 Å². The lowest BCUT2D eigenvalue weighted by Crippen LogP contribution is -2.50. The normalized spacial score (nSPS) is 20.2. The molecule has 10 heteroatoms. The minimum atomic E-state index is -0.270. The summed E-state index contributed by atoms with van der Waals surface area (Å²) < 4.78 is 10.5. The highest BCUT2D eigenvalue weighted by molar-refractivity contribution is 5.79. The van der Waals surface area contributed by atoms with Gasteiger partial charge in [0.1, 0.15) is 0 Å². The molecule has 2 aliphatic heterocycles. The third-order valence-electron chi connectivity index (χ3n) is 5.99. The molecule has 0 radical (unpaired) electrons. The third-order valence-corrected chi connectivity index (χ3v) is 5.99. The lowest BCUT2D eigenvalue weighted by Gasteiger charge is -2.34. The maximum Gasteiger partial charge on any atom is 0.409 e. The van der Waals surface area contributed by atoms with Crippen LogP contribution in [0.4, 0.5) is 4.79 Å². The molecule has 0 aliphatic carbocycles. The Balaban J connectivity index is 1.25. The number of piperidine rings is 2. The number of nitrogens with one attached hydrogen (secondary N) is 1. The van der Waals surface area contributed by atoms with Gasteiger partial charge < -0.3 is 19.5 Å².